The first kappa shape index (κ1) is 36.6. The van der Waals surface area contributed by atoms with Crippen LogP contribution >= 0.6 is 0 Å². The molecule has 0 aliphatic carbocycles. The van der Waals surface area contributed by atoms with E-state index in [1.54, 1.807) is 0 Å². The molecule has 0 aromatic heterocycles. The number of benzene rings is 13. The van der Waals surface area contributed by atoms with Gasteiger partial charge in [-0.1, -0.05) is 218 Å². The van der Waals surface area contributed by atoms with Crippen LogP contribution in [0.4, 0.5) is 0 Å². The zero-order valence-corrected chi connectivity index (χ0v) is 35.4. The van der Waals surface area contributed by atoms with E-state index in [-0.39, 0.29) is 0 Å². The van der Waals surface area contributed by atoms with E-state index >= 15 is 0 Å². The maximum absolute atomic E-state index is 2.46. The first-order chi connectivity index (χ1) is 31.7. The highest BCUT2D eigenvalue weighted by Gasteiger charge is 2.18. The maximum Gasteiger partial charge on any atom is -0.00199 e. The van der Waals surface area contributed by atoms with Crippen LogP contribution in [0.15, 0.2) is 231 Å². The van der Waals surface area contributed by atoms with Gasteiger partial charge in [-0.05, 0) is 156 Å². The van der Waals surface area contributed by atoms with Crippen molar-refractivity contribution in [2.45, 2.75) is 12.8 Å². The summed E-state index contributed by atoms with van der Waals surface area (Å²) < 4.78 is 0. The Morgan fingerprint density at radius 3 is 0.891 bits per heavy atom. The summed E-state index contributed by atoms with van der Waals surface area (Å²) in [6, 6.07) is 86.1. The fraction of sp³-hybridized carbons (Fsp3) is 0.0312. The van der Waals surface area contributed by atoms with Gasteiger partial charge in [0.15, 0.2) is 0 Å². The Kier molecular flexibility index (Phi) is 8.46. The third-order valence-electron chi connectivity index (χ3n) is 13.8. The van der Waals surface area contributed by atoms with E-state index in [0.717, 1.165) is 12.8 Å². The summed E-state index contributed by atoms with van der Waals surface area (Å²) in [5.74, 6) is 0. The van der Waals surface area contributed by atoms with Gasteiger partial charge in [0.2, 0.25) is 0 Å². The molecule has 0 saturated carbocycles. The van der Waals surface area contributed by atoms with Gasteiger partial charge in [0, 0.05) is 0 Å². The topological polar surface area (TPSA) is 0 Å². The van der Waals surface area contributed by atoms with Crippen LogP contribution in [0, 0.1) is 0 Å². The molecule has 0 aliphatic heterocycles. The second-order valence-corrected chi connectivity index (χ2v) is 17.5. The molecule has 0 heterocycles. The molecule has 13 rings (SSSR count). The Morgan fingerprint density at radius 1 is 0.188 bits per heavy atom. The van der Waals surface area contributed by atoms with Crippen molar-refractivity contribution in [3.63, 3.8) is 0 Å². The summed E-state index contributed by atoms with van der Waals surface area (Å²) in [4.78, 5) is 0. The highest BCUT2D eigenvalue weighted by Crippen LogP contribution is 2.46. The summed E-state index contributed by atoms with van der Waals surface area (Å²) in [5.41, 5.74) is 10.3. The van der Waals surface area contributed by atoms with E-state index in [0.29, 0.717) is 0 Å². The second-order valence-electron chi connectivity index (χ2n) is 17.5. The van der Waals surface area contributed by atoms with Crippen molar-refractivity contribution in [2.75, 3.05) is 0 Å². The van der Waals surface area contributed by atoms with E-state index in [1.165, 1.54) is 131 Å². The van der Waals surface area contributed by atoms with Crippen molar-refractivity contribution in [3.05, 3.63) is 253 Å². The SMILES string of the molecule is c1ccc(Cc2ccc3c(c2)c2ccccc2c2cc(-c4ccc(-c5cc6c7ccccc7c7cc(Cc8ccccc8)ccc7c6c6ccccc56)cc4)c4ccccc4c32)cc1. The van der Waals surface area contributed by atoms with Crippen LogP contribution in [0.25, 0.3) is 108 Å². The molecule has 0 spiro atoms. The summed E-state index contributed by atoms with van der Waals surface area (Å²) in [6.07, 6.45) is 1.83. The van der Waals surface area contributed by atoms with Crippen molar-refractivity contribution in [3.8, 4) is 22.3 Å². The molecule has 0 radical (unpaired) electrons. The van der Waals surface area contributed by atoms with Gasteiger partial charge in [0.25, 0.3) is 0 Å². The number of hydrogen-bond donors (Lipinski definition) is 0. The second kappa shape index (κ2) is 14.8. The molecule has 0 heteroatoms. The summed E-state index contributed by atoms with van der Waals surface area (Å²) in [7, 11) is 0. The molecule has 0 unspecified atom stereocenters. The normalized spacial score (nSPS) is 11.9. The van der Waals surface area contributed by atoms with Gasteiger partial charge in [0.05, 0.1) is 0 Å². The van der Waals surface area contributed by atoms with Gasteiger partial charge in [-0.25, -0.2) is 0 Å². The van der Waals surface area contributed by atoms with Crippen molar-refractivity contribution < 1.29 is 0 Å². The third-order valence-corrected chi connectivity index (χ3v) is 13.8. The molecular weight excluding hydrogens is 769 g/mol. The lowest BCUT2D eigenvalue weighted by Gasteiger charge is -2.18. The Balaban J connectivity index is 0.971. The fourth-order valence-electron chi connectivity index (χ4n) is 10.9. The summed E-state index contributed by atoms with van der Waals surface area (Å²) in [6.45, 7) is 0. The average Bonchev–Trinajstić information content (AvgIpc) is 3.36. The molecule has 13 aromatic carbocycles. The smallest absolute Gasteiger partial charge is 0.00199 e. The van der Waals surface area contributed by atoms with E-state index in [2.05, 4.69) is 231 Å². The van der Waals surface area contributed by atoms with Gasteiger partial charge in [0.1, 0.15) is 0 Å². The van der Waals surface area contributed by atoms with E-state index < -0.39 is 0 Å². The third kappa shape index (κ3) is 5.91. The van der Waals surface area contributed by atoms with Crippen LogP contribution in [0.5, 0.6) is 0 Å². The molecular formula is C64H42. The zero-order chi connectivity index (χ0) is 42.1. The molecule has 298 valence electrons. The van der Waals surface area contributed by atoms with Gasteiger partial charge in [-0.3, -0.25) is 0 Å². The quantitative estimate of drug-likeness (QED) is 0.147. The Bertz CT molecular complexity index is 3710. The molecule has 13 aromatic rings. The molecule has 64 heavy (non-hydrogen) atoms. The van der Waals surface area contributed by atoms with Gasteiger partial charge < -0.3 is 0 Å². The molecule has 0 bridgehead atoms. The van der Waals surface area contributed by atoms with Crippen molar-refractivity contribution in [2.24, 2.45) is 0 Å². The number of fused-ring (bicyclic) bond motifs is 16. The van der Waals surface area contributed by atoms with Crippen LogP contribution in [0.1, 0.15) is 22.3 Å². The molecule has 0 saturated heterocycles. The van der Waals surface area contributed by atoms with Crippen molar-refractivity contribution in [1.29, 1.82) is 0 Å². The van der Waals surface area contributed by atoms with Gasteiger partial charge >= 0.3 is 0 Å². The summed E-state index contributed by atoms with van der Waals surface area (Å²) in [5, 5.41) is 20.8. The molecule has 0 atom stereocenters. The van der Waals surface area contributed by atoms with Crippen LogP contribution < -0.4 is 0 Å². The summed E-state index contributed by atoms with van der Waals surface area (Å²) >= 11 is 0. The minimum Gasteiger partial charge on any atom is -0.0622 e. The number of rotatable bonds is 6. The lowest BCUT2D eigenvalue weighted by atomic mass is 9.85. The lowest BCUT2D eigenvalue weighted by Crippen LogP contribution is -1.92. The molecule has 0 aliphatic rings. The molecule has 0 N–H and O–H groups in total. The predicted molar refractivity (Wildman–Crippen MR) is 276 cm³/mol. The Hall–Kier alpha value is -8.06. The van der Waals surface area contributed by atoms with Crippen LogP contribution in [-0.4, -0.2) is 0 Å². The monoisotopic (exact) mass is 810 g/mol. The van der Waals surface area contributed by atoms with Crippen LogP contribution in [-0.2, 0) is 12.8 Å². The van der Waals surface area contributed by atoms with E-state index in [1.807, 2.05) is 0 Å². The first-order valence-electron chi connectivity index (χ1n) is 22.5. The Labute approximate surface area is 372 Å². The Morgan fingerprint density at radius 2 is 0.500 bits per heavy atom. The largest absolute Gasteiger partial charge is 0.0622 e. The minimum atomic E-state index is 0.914. The molecule has 0 fully saturated rings. The lowest BCUT2D eigenvalue weighted by molar-refractivity contribution is 1.20. The predicted octanol–water partition coefficient (Wildman–Crippen LogP) is 17.4. The maximum atomic E-state index is 2.46. The van der Waals surface area contributed by atoms with Crippen LogP contribution in [0.2, 0.25) is 0 Å². The average molecular weight is 811 g/mol. The molecule has 0 amide bonds. The van der Waals surface area contributed by atoms with E-state index in [4.69, 9.17) is 0 Å². The van der Waals surface area contributed by atoms with Crippen molar-refractivity contribution in [1.82, 2.24) is 0 Å². The van der Waals surface area contributed by atoms with Gasteiger partial charge in [-0.15, -0.1) is 0 Å². The fourth-order valence-corrected chi connectivity index (χ4v) is 10.9. The zero-order valence-electron chi connectivity index (χ0n) is 35.4. The standard InChI is InChI=1S/C64H42/c1-3-15-41(16-4-1)35-43-27-33-55-59(37-43)47-19-7-9-21-49(47)61-39-57(51-23-11-13-25-53(51)63(55)61)45-29-31-46(32-30-45)58-40-62-50-22-10-8-20-48(50)60-38-44(36-42-17-5-2-6-18-42)28-34-56(60)64(62)54-26-14-12-24-52(54)58/h1-34,37-40H,35-36H2. The van der Waals surface area contributed by atoms with Gasteiger partial charge in [-0.2, -0.15) is 0 Å². The molecule has 0 nitrogen and oxygen atoms in total. The van der Waals surface area contributed by atoms with E-state index in [9.17, 15) is 0 Å². The van der Waals surface area contributed by atoms with Crippen molar-refractivity contribution >= 4 is 86.2 Å². The highest BCUT2D eigenvalue weighted by atomic mass is 14.2. The first-order valence-corrected chi connectivity index (χ1v) is 22.5. The number of hydrogen-bond acceptors (Lipinski definition) is 0. The minimum absolute atomic E-state index is 0.914. The van der Waals surface area contributed by atoms with Crippen LogP contribution in [0.3, 0.4) is 0 Å². The highest BCUT2D eigenvalue weighted by molar-refractivity contribution is 6.34.